The average Bonchev–Trinajstić information content (AvgIpc) is 2.98. The molecule has 0 heterocycles. The lowest BCUT2D eigenvalue weighted by Crippen LogP contribution is -2.09. The van der Waals surface area contributed by atoms with Crippen LogP contribution in [-0.2, 0) is 9.47 Å². The molecule has 0 aromatic heterocycles. The van der Waals surface area contributed by atoms with E-state index < -0.39 is 6.16 Å². The fourth-order valence-corrected chi connectivity index (χ4v) is 5.65. The third kappa shape index (κ3) is 37.0. The molecular formula is C39H76O3. The van der Waals surface area contributed by atoms with Gasteiger partial charge < -0.3 is 9.47 Å². The van der Waals surface area contributed by atoms with E-state index in [1.165, 1.54) is 167 Å². The number of ether oxygens (including phenoxy) is 2. The Labute approximate surface area is 264 Å². The Hall–Kier alpha value is -0.990. The second-order valence-corrected chi connectivity index (χ2v) is 13.4. The van der Waals surface area contributed by atoms with E-state index in [1.54, 1.807) is 0 Å². The van der Waals surface area contributed by atoms with Gasteiger partial charge in [-0.15, -0.1) is 0 Å². The maximum atomic E-state index is 11.7. The van der Waals surface area contributed by atoms with Crippen molar-refractivity contribution in [2.75, 3.05) is 13.2 Å². The zero-order valence-corrected chi connectivity index (χ0v) is 29.1. The van der Waals surface area contributed by atoms with Crippen LogP contribution in [0.3, 0.4) is 0 Å². The highest BCUT2D eigenvalue weighted by molar-refractivity contribution is 5.59. The Morgan fingerprint density at radius 2 is 0.762 bits per heavy atom. The lowest BCUT2D eigenvalue weighted by molar-refractivity contribution is 0.0529. The van der Waals surface area contributed by atoms with Crippen molar-refractivity contribution in [3.05, 3.63) is 12.2 Å². The van der Waals surface area contributed by atoms with Crippen molar-refractivity contribution in [1.82, 2.24) is 0 Å². The molecule has 0 atom stereocenters. The number of hydrogen-bond donors (Lipinski definition) is 0. The van der Waals surface area contributed by atoms with Crippen molar-refractivity contribution < 1.29 is 14.3 Å². The molecule has 0 saturated heterocycles. The quantitative estimate of drug-likeness (QED) is 0.0423. The van der Waals surface area contributed by atoms with Gasteiger partial charge in [-0.3, -0.25) is 0 Å². The minimum absolute atomic E-state index is 0.475. The smallest absolute Gasteiger partial charge is 0.434 e. The zero-order valence-electron chi connectivity index (χ0n) is 29.1. The molecule has 0 rings (SSSR count). The highest BCUT2D eigenvalue weighted by atomic mass is 16.7. The number of hydrogen-bond acceptors (Lipinski definition) is 3. The van der Waals surface area contributed by atoms with Crippen molar-refractivity contribution in [3.8, 4) is 0 Å². The molecule has 0 bridgehead atoms. The molecule has 0 fully saturated rings. The van der Waals surface area contributed by atoms with Gasteiger partial charge in [0, 0.05) is 0 Å². The Kier molecular flexibility index (Phi) is 35.3. The van der Waals surface area contributed by atoms with E-state index in [0.29, 0.717) is 13.2 Å². The van der Waals surface area contributed by atoms with Crippen LogP contribution in [0.5, 0.6) is 0 Å². The normalized spacial score (nSPS) is 11.6. The first-order chi connectivity index (χ1) is 20.7. The summed E-state index contributed by atoms with van der Waals surface area (Å²) < 4.78 is 10.5. The number of allylic oxidation sites excluding steroid dienone is 2. The molecule has 0 radical (unpaired) electrons. The van der Waals surface area contributed by atoms with Gasteiger partial charge in [0.2, 0.25) is 0 Å². The van der Waals surface area contributed by atoms with Crippen LogP contribution in [0.15, 0.2) is 12.2 Å². The molecule has 0 unspecified atom stereocenters. The summed E-state index contributed by atoms with van der Waals surface area (Å²) in [6.07, 6.45) is 44.0. The molecule has 0 saturated carbocycles. The minimum Gasteiger partial charge on any atom is -0.434 e. The van der Waals surface area contributed by atoms with Crippen LogP contribution in [0.2, 0.25) is 0 Å². The average molecular weight is 593 g/mol. The van der Waals surface area contributed by atoms with E-state index >= 15 is 0 Å². The maximum Gasteiger partial charge on any atom is 0.508 e. The highest BCUT2D eigenvalue weighted by Crippen LogP contribution is 2.15. The molecular weight excluding hydrogens is 516 g/mol. The fraction of sp³-hybridized carbons (Fsp3) is 0.923. The van der Waals surface area contributed by atoms with Gasteiger partial charge in [-0.1, -0.05) is 187 Å². The van der Waals surface area contributed by atoms with Gasteiger partial charge in [-0.05, 0) is 44.4 Å². The van der Waals surface area contributed by atoms with Crippen LogP contribution in [0.25, 0.3) is 0 Å². The minimum atomic E-state index is -0.475. The first-order valence-corrected chi connectivity index (χ1v) is 19.1. The Morgan fingerprint density at radius 1 is 0.452 bits per heavy atom. The summed E-state index contributed by atoms with van der Waals surface area (Å²) in [4.78, 5) is 11.7. The second-order valence-electron chi connectivity index (χ2n) is 13.4. The van der Waals surface area contributed by atoms with Crippen molar-refractivity contribution in [2.45, 2.75) is 213 Å². The molecule has 0 N–H and O–H groups in total. The third-order valence-electron chi connectivity index (χ3n) is 8.52. The largest absolute Gasteiger partial charge is 0.508 e. The standard InChI is InChI=1S/C39H76O3/c1-4-5-6-7-8-9-10-11-12-13-14-15-16-17-18-21-24-27-30-33-36-41-39(40)42-37-34-31-28-25-22-19-20-23-26-29-32-35-38(2)3/h11-12,38H,4-10,13-37H2,1-3H3. The predicted octanol–water partition coefficient (Wildman–Crippen LogP) is 14.1. The van der Waals surface area contributed by atoms with E-state index in [2.05, 4.69) is 32.9 Å². The zero-order chi connectivity index (χ0) is 30.6. The predicted molar refractivity (Wildman–Crippen MR) is 185 cm³/mol. The van der Waals surface area contributed by atoms with E-state index in [4.69, 9.17) is 9.47 Å². The van der Waals surface area contributed by atoms with Gasteiger partial charge in [0.25, 0.3) is 0 Å². The number of rotatable bonds is 34. The molecule has 250 valence electrons. The molecule has 42 heavy (non-hydrogen) atoms. The van der Waals surface area contributed by atoms with Crippen LogP contribution in [0.4, 0.5) is 4.79 Å². The molecule has 0 amide bonds. The van der Waals surface area contributed by atoms with Crippen molar-refractivity contribution in [3.63, 3.8) is 0 Å². The molecule has 0 aliphatic carbocycles. The van der Waals surface area contributed by atoms with E-state index in [9.17, 15) is 4.79 Å². The van der Waals surface area contributed by atoms with Crippen LogP contribution in [-0.4, -0.2) is 19.4 Å². The Morgan fingerprint density at radius 3 is 1.12 bits per heavy atom. The van der Waals surface area contributed by atoms with Crippen LogP contribution in [0.1, 0.15) is 213 Å². The molecule has 0 aliphatic rings. The highest BCUT2D eigenvalue weighted by Gasteiger charge is 2.03. The summed E-state index contributed by atoms with van der Waals surface area (Å²) in [5.41, 5.74) is 0. The van der Waals surface area contributed by atoms with Gasteiger partial charge in [0.15, 0.2) is 0 Å². The van der Waals surface area contributed by atoms with Gasteiger partial charge in [-0.25, -0.2) is 4.79 Å². The van der Waals surface area contributed by atoms with Crippen LogP contribution in [0, 0.1) is 5.92 Å². The Bertz CT molecular complexity index is 542. The summed E-state index contributed by atoms with van der Waals surface area (Å²) in [7, 11) is 0. The molecule has 0 aliphatic heterocycles. The van der Waals surface area contributed by atoms with Gasteiger partial charge in [0.1, 0.15) is 0 Å². The van der Waals surface area contributed by atoms with Crippen LogP contribution < -0.4 is 0 Å². The number of carbonyl (C=O) groups excluding carboxylic acids is 1. The lowest BCUT2D eigenvalue weighted by atomic mass is 10.0. The Balaban J connectivity index is 3.18. The number of carbonyl (C=O) groups is 1. The topological polar surface area (TPSA) is 35.5 Å². The van der Waals surface area contributed by atoms with Crippen molar-refractivity contribution >= 4 is 6.16 Å². The summed E-state index contributed by atoms with van der Waals surface area (Å²) in [5, 5.41) is 0. The number of unbranched alkanes of at least 4 members (excludes halogenated alkanes) is 26. The van der Waals surface area contributed by atoms with Gasteiger partial charge in [0.05, 0.1) is 13.2 Å². The van der Waals surface area contributed by atoms with Gasteiger partial charge >= 0.3 is 6.16 Å². The molecule has 0 aromatic rings. The summed E-state index contributed by atoms with van der Waals surface area (Å²) in [6.45, 7) is 7.93. The van der Waals surface area contributed by atoms with E-state index in [0.717, 1.165) is 31.6 Å². The monoisotopic (exact) mass is 593 g/mol. The van der Waals surface area contributed by atoms with Gasteiger partial charge in [-0.2, -0.15) is 0 Å². The van der Waals surface area contributed by atoms with E-state index in [1.807, 2.05) is 0 Å². The SMILES string of the molecule is CCCCCCCCC=CCCCCCCCCCCCCOC(=O)OCCCCCCCCCCCCCC(C)C. The third-order valence-corrected chi connectivity index (χ3v) is 8.52. The fourth-order valence-electron chi connectivity index (χ4n) is 5.65. The second kappa shape index (κ2) is 36.2. The summed E-state index contributed by atoms with van der Waals surface area (Å²) in [6, 6.07) is 0. The maximum absolute atomic E-state index is 11.7. The first kappa shape index (κ1) is 41.0. The van der Waals surface area contributed by atoms with Crippen molar-refractivity contribution in [1.29, 1.82) is 0 Å². The summed E-state index contributed by atoms with van der Waals surface area (Å²) >= 11 is 0. The van der Waals surface area contributed by atoms with Crippen molar-refractivity contribution in [2.24, 2.45) is 5.92 Å². The lowest BCUT2D eigenvalue weighted by Gasteiger charge is -2.07. The molecule has 0 aromatic carbocycles. The van der Waals surface area contributed by atoms with E-state index in [-0.39, 0.29) is 0 Å². The molecule has 3 nitrogen and oxygen atoms in total. The summed E-state index contributed by atoms with van der Waals surface area (Å²) in [5.74, 6) is 0.859. The molecule has 3 heteroatoms. The first-order valence-electron chi connectivity index (χ1n) is 19.1. The molecule has 0 spiro atoms. The van der Waals surface area contributed by atoms with Crippen LogP contribution >= 0.6 is 0 Å².